The lowest BCUT2D eigenvalue weighted by Gasteiger charge is -2.47. The molecule has 1 heterocycles. The number of nitrogens with two attached hydrogens (primary N) is 1. The molecule has 7 nitrogen and oxygen atoms in total. The SMILES string of the molecule is CCCCCCCNC(=O)NC1CC(NC(=O)c2ccccc2)C(N)CN1C(c1ccccc1)c1ccccc1. The molecule has 1 aliphatic rings. The van der Waals surface area contributed by atoms with Crippen LogP contribution in [0.25, 0.3) is 0 Å². The maximum atomic E-state index is 13.1. The molecule has 0 saturated carbocycles. The van der Waals surface area contributed by atoms with Crippen molar-refractivity contribution in [1.82, 2.24) is 20.9 Å². The number of urea groups is 1. The number of hydrogen-bond acceptors (Lipinski definition) is 4. The van der Waals surface area contributed by atoms with Gasteiger partial charge in [0.1, 0.15) is 0 Å². The number of unbranched alkanes of at least 4 members (excludes halogenated alkanes) is 4. The van der Waals surface area contributed by atoms with Crippen molar-refractivity contribution in [2.45, 2.75) is 69.7 Å². The predicted molar refractivity (Wildman–Crippen MR) is 161 cm³/mol. The summed E-state index contributed by atoms with van der Waals surface area (Å²) in [6.07, 6.45) is 5.81. The van der Waals surface area contributed by atoms with E-state index in [4.69, 9.17) is 5.73 Å². The fraction of sp³-hybridized carbons (Fsp3) is 0.394. The van der Waals surface area contributed by atoms with Crippen LogP contribution in [0.15, 0.2) is 91.0 Å². The summed E-state index contributed by atoms with van der Waals surface area (Å²) in [6, 6.07) is 28.8. The molecular formula is C33H43N5O2. The number of carbonyl (C=O) groups excluding carboxylic acids is 2. The summed E-state index contributed by atoms with van der Waals surface area (Å²) in [4.78, 5) is 28.4. The number of amides is 3. The van der Waals surface area contributed by atoms with E-state index in [2.05, 4.69) is 52.0 Å². The van der Waals surface area contributed by atoms with Crippen molar-refractivity contribution >= 4 is 11.9 Å². The van der Waals surface area contributed by atoms with Crippen LogP contribution in [-0.2, 0) is 0 Å². The third-order valence-corrected chi connectivity index (χ3v) is 7.59. The summed E-state index contributed by atoms with van der Waals surface area (Å²) in [5.41, 5.74) is 9.57. The highest BCUT2D eigenvalue weighted by molar-refractivity contribution is 5.94. The Morgan fingerprint density at radius 2 is 1.40 bits per heavy atom. The zero-order valence-electron chi connectivity index (χ0n) is 23.5. The summed E-state index contributed by atoms with van der Waals surface area (Å²) in [6.45, 7) is 3.33. The van der Waals surface area contributed by atoms with Crippen LogP contribution >= 0.6 is 0 Å². The van der Waals surface area contributed by atoms with E-state index in [1.807, 2.05) is 54.6 Å². The van der Waals surface area contributed by atoms with E-state index in [1.165, 1.54) is 19.3 Å². The molecule has 3 unspecified atom stereocenters. The molecule has 7 heteroatoms. The van der Waals surface area contributed by atoms with Gasteiger partial charge in [-0.05, 0) is 29.7 Å². The quantitative estimate of drug-likeness (QED) is 0.237. The zero-order chi connectivity index (χ0) is 28.2. The number of likely N-dealkylation sites (tertiary alicyclic amines) is 1. The topological polar surface area (TPSA) is 99.5 Å². The van der Waals surface area contributed by atoms with Crippen molar-refractivity contribution in [3.05, 3.63) is 108 Å². The van der Waals surface area contributed by atoms with E-state index >= 15 is 0 Å². The smallest absolute Gasteiger partial charge is 0.316 e. The number of carbonyl (C=O) groups is 2. The summed E-state index contributed by atoms with van der Waals surface area (Å²) in [7, 11) is 0. The van der Waals surface area contributed by atoms with E-state index in [0.29, 0.717) is 25.1 Å². The Kier molecular flexibility index (Phi) is 11.1. The number of rotatable bonds is 12. The number of benzene rings is 3. The van der Waals surface area contributed by atoms with Crippen LogP contribution in [0.3, 0.4) is 0 Å². The largest absolute Gasteiger partial charge is 0.348 e. The number of hydrogen-bond donors (Lipinski definition) is 4. The molecule has 1 fully saturated rings. The minimum absolute atomic E-state index is 0.112. The molecule has 0 spiro atoms. The van der Waals surface area contributed by atoms with E-state index in [-0.39, 0.29) is 36.2 Å². The minimum Gasteiger partial charge on any atom is -0.348 e. The molecule has 4 rings (SSSR count). The second-order valence-electron chi connectivity index (χ2n) is 10.6. The van der Waals surface area contributed by atoms with Crippen LogP contribution in [0.5, 0.6) is 0 Å². The molecule has 3 aromatic carbocycles. The molecule has 212 valence electrons. The average molecular weight is 542 g/mol. The number of nitrogens with one attached hydrogen (secondary N) is 3. The summed E-state index contributed by atoms with van der Waals surface area (Å²) < 4.78 is 0. The molecule has 3 amide bonds. The molecule has 3 atom stereocenters. The van der Waals surface area contributed by atoms with Crippen LogP contribution < -0.4 is 21.7 Å². The molecule has 1 aliphatic heterocycles. The van der Waals surface area contributed by atoms with Gasteiger partial charge in [-0.2, -0.15) is 0 Å². The second kappa shape index (κ2) is 15.2. The van der Waals surface area contributed by atoms with Crippen LogP contribution in [-0.4, -0.2) is 48.2 Å². The molecule has 0 aromatic heterocycles. The van der Waals surface area contributed by atoms with Gasteiger partial charge in [0, 0.05) is 37.2 Å². The molecule has 0 aliphatic carbocycles. The van der Waals surface area contributed by atoms with Gasteiger partial charge in [0.05, 0.1) is 12.2 Å². The Bertz CT molecular complexity index is 1140. The van der Waals surface area contributed by atoms with Crippen LogP contribution in [0, 0.1) is 0 Å². The zero-order valence-corrected chi connectivity index (χ0v) is 23.5. The van der Waals surface area contributed by atoms with Crippen molar-refractivity contribution in [2.24, 2.45) is 5.73 Å². The van der Waals surface area contributed by atoms with E-state index in [1.54, 1.807) is 12.1 Å². The van der Waals surface area contributed by atoms with Gasteiger partial charge in [-0.1, -0.05) is 111 Å². The van der Waals surface area contributed by atoms with Gasteiger partial charge in [-0.3, -0.25) is 9.69 Å². The average Bonchev–Trinajstić information content (AvgIpc) is 2.98. The fourth-order valence-corrected chi connectivity index (χ4v) is 5.46. The first kappa shape index (κ1) is 29.3. The molecule has 3 aromatic rings. The molecule has 40 heavy (non-hydrogen) atoms. The lowest BCUT2D eigenvalue weighted by atomic mass is 9.90. The standard InChI is InChI=1S/C33H43N5O2/c1-2-3-4-5-15-22-35-33(40)37-30-23-29(36-32(39)27-20-13-8-14-21-27)28(34)24-38(30)31(25-16-9-6-10-17-25)26-18-11-7-12-19-26/h6-14,16-21,28-31H,2-5,15,22-24,34H2,1H3,(H,36,39)(H2,35,37,40). The van der Waals surface area contributed by atoms with E-state index in [9.17, 15) is 9.59 Å². The lowest BCUT2D eigenvalue weighted by molar-refractivity contribution is 0.0599. The van der Waals surface area contributed by atoms with Gasteiger partial charge in [0.2, 0.25) is 0 Å². The number of nitrogens with zero attached hydrogens (tertiary/aromatic N) is 1. The third kappa shape index (κ3) is 8.16. The molecule has 5 N–H and O–H groups in total. The highest BCUT2D eigenvalue weighted by Gasteiger charge is 2.39. The van der Waals surface area contributed by atoms with Gasteiger partial charge in [0.15, 0.2) is 0 Å². The van der Waals surface area contributed by atoms with Crippen molar-refractivity contribution in [3.63, 3.8) is 0 Å². The first-order valence-electron chi connectivity index (χ1n) is 14.6. The predicted octanol–water partition coefficient (Wildman–Crippen LogP) is 5.20. The maximum Gasteiger partial charge on any atom is 0.316 e. The van der Waals surface area contributed by atoms with Gasteiger partial charge in [-0.25, -0.2) is 4.79 Å². The molecular weight excluding hydrogens is 498 g/mol. The van der Waals surface area contributed by atoms with Gasteiger partial charge in [0.25, 0.3) is 5.91 Å². The van der Waals surface area contributed by atoms with Gasteiger partial charge in [-0.15, -0.1) is 0 Å². The molecule has 1 saturated heterocycles. The summed E-state index contributed by atoms with van der Waals surface area (Å²) in [5, 5.41) is 9.40. The van der Waals surface area contributed by atoms with Gasteiger partial charge < -0.3 is 21.7 Å². The van der Waals surface area contributed by atoms with E-state index < -0.39 is 0 Å². The maximum absolute atomic E-state index is 13.1. The Morgan fingerprint density at radius 1 is 0.825 bits per heavy atom. The Morgan fingerprint density at radius 3 is 2.00 bits per heavy atom. The highest BCUT2D eigenvalue weighted by Crippen LogP contribution is 2.33. The normalized spacial score (nSPS) is 19.2. The first-order valence-corrected chi connectivity index (χ1v) is 14.6. The van der Waals surface area contributed by atoms with Crippen molar-refractivity contribution in [3.8, 4) is 0 Å². The van der Waals surface area contributed by atoms with Crippen LogP contribution in [0.1, 0.15) is 73.0 Å². The van der Waals surface area contributed by atoms with E-state index in [0.717, 1.165) is 24.0 Å². The lowest BCUT2D eigenvalue weighted by Crippen LogP contribution is -2.66. The Hall–Kier alpha value is -3.68. The highest BCUT2D eigenvalue weighted by atomic mass is 16.2. The van der Waals surface area contributed by atoms with Crippen molar-refractivity contribution < 1.29 is 9.59 Å². The minimum atomic E-state index is -0.341. The second-order valence-corrected chi connectivity index (χ2v) is 10.6. The third-order valence-electron chi connectivity index (χ3n) is 7.59. The van der Waals surface area contributed by atoms with Crippen LogP contribution in [0.2, 0.25) is 0 Å². The van der Waals surface area contributed by atoms with Crippen LogP contribution in [0.4, 0.5) is 4.79 Å². The first-order chi connectivity index (χ1) is 19.6. The molecule has 0 bridgehead atoms. The molecule has 0 radical (unpaired) electrons. The number of piperidine rings is 1. The van der Waals surface area contributed by atoms with Gasteiger partial charge >= 0.3 is 6.03 Å². The Labute approximate surface area is 238 Å². The fourth-order valence-electron chi connectivity index (χ4n) is 5.46. The summed E-state index contributed by atoms with van der Waals surface area (Å²) in [5.74, 6) is -0.160. The summed E-state index contributed by atoms with van der Waals surface area (Å²) >= 11 is 0. The van der Waals surface area contributed by atoms with Crippen molar-refractivity contribution in [2.75, 3.05) is 13.1 Å². The monoisotopic (exact) mass is 541 g/mol. The van der Waals surface area contributed by atoms with Crippen molar-refractivity contribution in [1.29, 1.82) is 0 Å². The Balaban J connectivity index is 1.54.